The fourth-order valence-corrected chi connectivity index (χ4v) is 1.94. The molecule has 70 valence electrons. The summed E-state index contributed by atoms with van der Waals surface area (Å²) in [7, 11) is 0. The van der Waals surface area contributed by atoms with Crippen LogP contribution in [0.3, 0.4) is 0 Å². The molecule has 0 saturated carbocycles. The summed E-state index contributed by atoms with van der Waals surface area (Å²) in [5, 5.41) is 1.83. The first kappa shape index (κ1) is 8.90. The lowest BCUT2D eigenvalue weighted by atomic mass is 10.1. The molecule has 1 aromatic carbocycles. The molecule has 1 aromatic heterocycles. The number of hydrogen-bond acceptors (Lipinski definition) is 3. The Morgan fingerprint density at radius 3 is 2.64 bits per heavy atom. The third-order valence-electron chi connectivity index (χ3n) is 1.89. The highest BCUT2D eigenvalue weighted by molar-refractivity contribution is 7.04. The molecule has 2 N–H and O–H groups in total. The molecule has 0 radical (unpaired) electrons. The second-order valence-corrected chi connectivity index (χ2v) is 3.44. The number of primary amides is 1. The van der Waals surface area contributed by atoms with E-state index in [9.17, 15) is 4.79 Å². The van der Waals surface area contributed by atoms with Crippen LogP contribution in [-0.4, -0.2) is 10.3 Å². The standard InChI is InChI=1S/C10H8N2OS/c11-10(13)9-8(6-14-12-9)7-4-2-1-3-5-7/h1-6H,(H2,11,13). The summed E-state index contributed by atoms with van der Waals surface area (Å²) >= 11 is 1.24. The second-order valence-electron chi connectivity index (χ2n) is 2.81. The molecule has 1 amide bonds. The molecule has 0 spiro atoms. The molecule has 0 fully saturated rings. The summed E-state index contributed by atoms with van der Waals surface area (Å²) in [6.07, 6.45) is 0. The quantitative estimate of drug-likeness (QED) is 0.812. The Bertz CT molecular complexity index is 450. The monoisotopic (exact) mass is 204 g/mol. The Kier molecular flexibility index (Phi) is 2.28. The second kappa shape index (κ2) is 3.59. The average molecular weight is 204 g/mol. The molecule has 1 heterocycles. The van der Waals surface area contributed by atoms with Crippen molar-refractivity contribution in [3.8, 4) is 11.1 Å². The predicted octanol–water partition coefficient (Wildman–Crippen LogP) is 1.91. The Morgan fingerprint density at radius 1 is 1.29 bits per heavy atom. The summed E-state index contributed by atoms with van der Waals surface area (Å²) in [6, 6.07) is 9.61. The van der Waals surface area contributed by atoms with Gasteiger partial charge in [-0.2, -0.15) is 4.37 Å². The van der Waals surface area contributed by atoms with Crippen molar-refractivity contribution in [3.63, 3.8) is 0 Å². The van der Waals surface area contributed by atoms with Gasteiger partial charge in [0.1, 0.15) is 5.69 Å². The van der Waals surface area contributed by atoms with Crippen LogP contribution in [0.25, 0.3) is 11.1 Å². The van der Waals surface area contributed by atoms with E-state index in [1.807, 2.05) is 35.7 Å². The average Bonchev–Trinajstić information content (AvgIpc) is 2.67. The Balaban J connectivity index is 2.52. The van der Waals surface area contributed by atoms with Crippen molar-refractivity contribution in [2.45, 2.75) is 0 Å². The molecule has 0 bridgehead atoms. The molecule has 4 heteroatoms. The molecule has 3 nitrogen and oxygen atoms in total. The lowest BCUT2D eigenvalue weighted by Crippen LogP contribution is -2.12. The van der Waals surface area contributed by atoms with Crippen molar-refractivity contribution in [3.05, 3.63) is 41.4 Å². The van der Waals surface area contributed by atoms with Crippen LogP contribution >= 0.6 is 11.5 Å². The van der Waals surface area contributed by atoms with Gasteiger partial charge in [0.25, 0.3) is 5.91 Å². The van der Waals surface area contributed by atoms with Gasteiger partial charge in [-0.1, -0.05) is 30.3 Å². The smallest absolute Gasteiger partial charge is 0.269 e. The number of carbonyl (C=O) groups is 1. The van der Waals surface area contributed by atoms with E-state index in [2.05, 4.69) is 4.37 Å². The van der Waals surface area contributed by atoms with Gasteiger partial charge in [0, 0.05) is 10.9 Å². The van der Waals surface area contributed by atoms with E-state index in [0.717, 1.165) is 11.1 Å². The Morgan fingerprint density at radius 2 is 2.00 bits per heavy atom. The van der Waals surface area contributed by atoms with Crippen molar-refractivity contribution in [2.75, 3.05) is 0 Å². The molecule has 0 aliphatic rings. The molecule has 14 heavy (non-hydrogen) atoms. The maximum absolute atomic E-state index is 11.0. The number of benzene rings is 1. The molecule has 0 aliphatic heterocycles. The lowest BCUT2D eigenvalue weighted by molar-refractivity contribution is 0.0997. The van der Waals surface area contributed by atoms with Crippen LogP contribution in [0, 0.1) is 0 Å². The molecule has 2 aromatic rings. The molecule has 2 rings (SSSR count). The number of amides is 1. The van der Waals surface area contributed by atoms with Gasteiger partial charge in [-0.15, -0.1) is 0 Å². The van der Waals surface area contributed by atoms with E-state index in [1.54, 1.807) is 0 Å². The van der Waals surface area contributed by atoms with E-state index in [-0.39, 0.29) is 0 Å². The zero-order valence-electron chi connectivity index (χ0n) is 7.31. The number of carbonyl (C=O) groups excluding carboxylic acids is 1. The van der Waals surface area contributed by atoms with E-state index in [1.165, 1.54) is 11.5 Å². The number of nitrogens with zero attached hydrogens (tertiary/aromatic N) is 1. The van der Waals surface area contributed by atoms with Crippen LogP contribution in [-0.2, 0) is 0 Å². The van der Waals surface area contributed by atoms with E-state index in [0.29, 0.717) is 5.69 Å². The normalized spacial score (nSPS) is 10.0. The van der Waals surface area contributed by atoms with Gasteiger partial charge in [0.2, 0.25) is 0 Å². The summed E-state index contributed by atoms with van der Waals surface area (Å²) in [5.74, 6) is -0.481. The molecule has 0 saturated heterocycles. The van der Waals surface area contributed by atoms with Crippen LogP contribution in [0.2, 0.25) is 0 Å². The van der Waals surface area contributed by atoms with Crippen LogP contribution in [0.4, 0.5) is 0 Å². The number of rotatable bonds is 2. The predicted molar refractivity (Wildman–Crippen MR) is 56.1 cm³/mol. The first-order chi connectivity index (χ1) is 6.79. The fraction of sp³-hybridized carbons (Fsp3) is 0. The molecule has 0 atom stereocenters. The minimum absolute atomic E-state index is 0.348. The van der Waals surface area contributed by atoms with Crippen molar-refractivity contribution >= 4 is 17.4 Å². The molecule has 0 unspecified atom stereocenters. The zero-order valence-corrected chi connectivity index (χ0v) is 8.12. The van der Waals surface area contributed by atoms with Crippen molar-refractivity contribution in [1.29, 1.82) is 0 Å². The lowest BCUT2D eigenvalue weighted by Gasteiger charge is -1.98. The highest BCUT2D eigenvalue weighted by atomic mass is 32.1. The maximum atomic E-state index is 11.0. The third-order valence-corrected chi connectivity index (χ3v) is 2.52. The Labute approximate surface area is 85.4 Å². The van der Waals surface area contributed by atoms with E-state index < -0.39 is 5.91 Å². The number of hydrogen-bond donors (Lipinski definition) is 1. The summed E-state index contributed by atoms with van der Waals surface area (Å²) < 4.78 is 3.96. The van der Waals surface area contributed by atoms with Crippen LogP contribution in [0.5, 0.6) is 0 Å². The summed E-state index contributed by atoms with van der Waals surface area (Å²) in [6.45, 7) is 0. The van der Waals surface area contributed by atoms with Gasteiger partial charge < -0.3 is 5.73 Å². The van der Waals surface area contributed by atoms with Gasteiger partial charge >= 0.3 is 0 Å². The molecular weight excluding hydrogens is 196 g/mol. The van der Waals surface area contributed by atoms with Gasteiger partial charge in [-0.05, 0) is 17.1 Å². The van der Waals surface area contributed by atoms with Crippen LogP contribution in [0.15, 0.2) is 35.7 Å². The number of aromatic nitrogens is 1. The first-order valence-electron chi connectivity index (χ1n) is 4.08. The van der Waals surface area contributed by atoms with Crippen molar-refractivity contribution in [2.24, 2.45) is 5.73 Å². The SMILES string of the molecule is NC(=O)c1nscc1-c1ccccc1. The van der Waals surface area contributed by atoms with Gasteiger partial charge in [-0.3, -0.25) is 4.79 Å². The third kappa shape index (κ3) is 1.52. The van der Waals surface area contributed by atoms with Crippen molar-refractivity contribution < 1.29 is 4.79 Å². The molecule has 0 aliphatic carbocycles. The number of nitrogens with two attached hydrogens (primary N) is 1. The van der Waals surface area contributed by atoms with Crippen LogP contribution < -0.4 is 5.73 Å². The minimum Gasteiger partial charge on any atom is -0.364 e. The summed E-state index contributed by atoms with van der Waals surface area (Å²) in [5.41, 5.74) is 7.33. The summed E-state index contributed by atoms with van der Waals surface area (Å²) in [4.78, 5) is 11.0. The highest BCUT2D eigenvalue weighted by Crippen LogP contribution is 2.24. The zero-order chi connectivity index (χ0) is 9.97. The van der Waals surface area contributed by atoms with Gasteiger partial charge in [-0.25, -0.2) is 0 Å². The highest BCUT2D eigenvalue weighted by Gasteiger charge is 2.12. The minimum atomic E-state index is -0.481. The maximum Gasteiger partial charge on any atom is 0.269 e. The largest absolute Gasteiger partial charge is 0.364 e. The topological polar surface area (TPSA) is 56.0 Å². The first-order valence-corrected chi connectivity index (χ1v) is 4.92. The Hall–Kier alpha value is -1.68. The van der Waals surface area contributed by atoms with Crippen molar-refractivity contribution in [1.82, 2.24) is 4.37 Å². The van der Waals surface area contributed by atoms with Crippen LogP contribution in [0.1, 0.15) is 10.5 Å². The van der Waals surface area contributed by atoms with Gasteiger partial charge in [0.05, 0.1) is 0 Å². The fourth-order valence-electron chi connectivity index (χ4n) is 1.24. The van der Waals surface area contributed by atoms with E-state index in [4.69, 9.17) is 5.73 Å². The molecular formula is C10H8N2OS. The van der Waals surface area contributed by atoms with E-state index >= 15 is 0 Å². The van der Waals surface area contributed by atoms with Gasteiger partial charge in [0.15, 0.2) is 0 Å².